The molecule has 0 aliphatic heterocycles. The fraction of sp³-hybridized carbons (Fsp3) is 0.188. The molecule has 0 bridgehead atoms. The summed E-state index contributed by atoms with van der Waals surface area (Å²) in [5.41, 5.74) is 2.85. The van der Waals surface area contributed by atoms with Gasteiger partial charge in [-0.15, -0.1) is 0 Å². The van der Waals surface area contributed by atoms with Crippen LogP contribution in [0.25, 0.3) is 22.2 Å². The second-order valence-corrected chi connectivity index (χ2v) is 5.01. The van der Waals surface area contributed by atoms with Crippen LogP contribution in [0.1, 0.15) is 19.2 Å². The van der Waals surface area contributed by atoms with Crippen molar-refractivity contribution < 1.29 is 0 Å². The lowest BCUT2D eigenvalue weighted by molar-refractivity contribution is 0.837. The van der Waals surface area contributed by atoms with Gasteiger partial charge >= 0.3 is 0 Å². The largest absolute Gasteiger partial charge is 0.256 e. The maximum atomic E-state index is 6.12. The van der Waals surface area contributed by atoms with Crippen LogP contribution in [-0.2, 0) is 6.42 Å². The van der Waals surface area contributed by atoms with E-state index in [0.29, 0.717) is 5.15 Å². The highest BCUT2D eigenvalue weighted by Gasteiger charge is 2.08. The molecule has 0 saturated heterocycles. The lowest BCUT2D eigenvalue weighted by Gasteiger charge is -2.07. The highest BCUT2D eigenvalue weighted by atomic mass is 35.5. The minimum atomic E-state index is 0.486. The van der Waals surface area contributed by atoms with Crippen molar-refractivity contribution in [3.05, 3.63) is 53.6 Å². The van der Waals surface area contributed by atoms with Gasteiger partial charge in [-0.3, -0.25) is 4.98 Å². The molecule has 0 atom stereocenters. The van der Waals surface area contributed by atoms with Crippen molar-refractivity contribution in [1.82, 2.24) is 15.0 Å². The summed E-state index contributed by atoms with van der Waals surface area (Å²) in [6.07, 6.45) is 3.62. The van der Waals surface area contributed by atoms with E-state index in [9.17, 15) is 0 Å². The van der Waals surface area contributed by atoms with Gasteiger partial charge in [-0.05, 0) is 18.6 Å². The lowest BCUT2D eigenvalue weighted by Crippen LogP contribution is -1.97. The van der Waals surface area contributed by atoms with E-state index >= 15 is 0 Å². The quantitative estimate of drug-likeness (QED) is 0.673. The highest BCUT2D eigenvalue weighted by molar-refractivity contribution is 6.29. The molecule has 3 rings (SSSR count). The molecule has 0 aliphatic carbocycles. The first kappa shape index (κ1) is 13.0. The molecule has 3 aromatic rings. The van der Waals surface area contributed by atoms with E-state index in [4.69, 9.17) is 11.6 Å². The maximum Gasteiger partial charge on any atom is 0.133 e. The van der Waals surface area contributed by atoms with Crippen molar-refractivity contribution in [2.75, 3.05) is 0 Å². The molecule has 3 nitrogen and oxygen atoms in total. The van der Waals surface area contributed by atoms with Gasteiger partial charge in [0.25, 0.3) is 0 Å². The number of rotatable bonds is 3. The van der Waals surface area contributed by atoms with Crippen molar-refractivity contribution in [3.63, 3.8) is 0 Å². The summed E-state index contributed by atoms with van der Waals surface area (Å²) in [6, 6.07) is 11.8. The molecule has 2 aromatic heterocycles. The summed E-state index contributed by atoms with van der Waals surface area (Å²) < 4.78 is 0. The molecule has 0 aliphatic rings. The van der Waals surface area contributed by atoms with Crippen LogP contribution in [0, 0.1) is 0 Å². The molecule has 0 N–H and O–H groups in total. The standard InChI is InChI=1S/C16H14ClN3/c1-2-5-16-19-14(10-15(17)20-16)12-6-3-8-13-11(12)7-4-9-18-13/h3-4,6-10H,2,5H2,1H3. The average Bonchev–Trinajstić information content (AvgIpc) is 2.46. The van der Waals surface area contributed by atoms with E-state index in [0.717, 1.165) is 40.8 Å². The molecule has 0 saturated carbocycles. The van der Waals surface area contributed by atoms with Crippen LogP contribution in [0.2, 0.25) is 5.15 Å². The first-order chi connectivity index (χ1) is 9.78. The van der Waals surface area contributed by atoms with E-state index in [1.807, 2.05) is 36.4 Å². The first-order valence-corrected chi connectivity index (χ1v) is 7.03. The van der Waals surface area contributed by atoms with E-state index in [-0.39, 0.29) is 0 Å². The van der Waals surface area contributed by atoms with Crippen LogP contribution in [-0.4, -0.2) is 15.0 Å². The Kier molecular flexibility index (Phi) is 3.61. The number of fused-ring (bicyclic) bond motifs is 1. The van der Waals surface area contributed by atoms with Crippen molar-refractivity contribution >= 4 is 22.5 Å². The zero-order valence-electron chi connectivity index (χ0n) is 11.2. The van der Waals surface area contributed by atoms with Crippen LogP contribution in [0.3, 0.4) is 0 Å². The second-order valence-electron chi connectivity index (χ2n) is 4.62. The molecule has 0 fully saturated rings. The van der Waals surface area contributed by atoms with Crippen LogP contribution in [0.4, 0.5) is 0 Å². The molecule has 0 amide bonds. The zero-order chi connectivity index (χ0) is 13.9. The Labute approximate surface area is 122 Å². The fourth-order valence-electron chi connectivity index (χ4n) is 2.26. The van der Waals surface area contributed by atoms with Gasteiger partial charge in [0.15, 0.2) is 0 Å². The van der Waals surface area contributed by atoms with Gasteiger partial charge in [0.1, 0.15) is 11.0 Å². The van der Waals surface area contributed by atoms with Crippen LogP contribution < -0.4 is 0 Å². The fourth-order valence-corrected chi connectivity index (χ4v) is 2.47. The SMILES string of the molecule is CCCc1nc(Cl)cc(-c2cccc3ncccc23)n1. The molecule has 2 heterocycles. The number of benzene rings is 1. The molecule has 0 unspecified atom stereocenters. The Morgan fingerprint density at radius 3 is 2.85 bits per heavy atom. The van der Waals surface area contributed by atoms with Crippen LogP contribution in [0.15, 0.2) is 42.6 Å². The second kappa shape index (κ2) is 5.55. The van der Waals surface area contributed by atoms with Gasteiger partial charge in [0, 0.05) is 29.6 Å². The number of nitrogens with zero attached hydrogens (tertiary/aromatic N) is 3. The van der Waals surface area contributed by atoms with Gasteiger partial charge in [-0.25, -0.2) is 9.97 Å². The van der Waals surface area contributed by atoms with E-state index in [1.165, 1.54) is 0 Å². The summed E-state index contributed by atoms with van der Waals surface area (Å²) >= 11 is 6.12. The molecule has 0 spiro atoms. The van der Waals surface area contributed by atoms with Crippen molar-refractivity contribution in [2.24, 2.45) is 0 Å². The summed E-state index contributed by atoms with van der Waals surface area (Å²) in [5, 5.41) is 1.56. The lowest BCUT2D eigenvalue weighted by atomic mass is 10.1. The molecule has 1 aromatic carbocycles. The van der Waals surface area contributed by atoms with E-state index < -0.39 is 0 Å². The number of aryl methyl sites for hydroxylation is 1. The predicted molar refractivity (Wildman–Crippen MR) is 81.8 cm³/mol. The van der Waals surface area contributed by atoms with E-state index in [2.05, 4.69) is 21.9 Å². The minimum Gasteiger partial charge on any atom is -0.256 e. The smallest absolute Gasteiger partial charge is 0.133 e. The Hall–Kier alpha value is -2.00. The minimum absolute atomic E-state index is 0.486. The third-order valence-electron chi connectivity index (χ3n) is 3.14. The molecule has 4 heteroatoms. The van der Waals surface area contributed by atoms with Crippen molar-refractivity contribution in [2.45, 2.75) is 19.8 Å². The van der Waals surface area contributed by atoms with Crippen molar-refractivity contribution in [1.29, 1.82) is 0 Å². The summed E-state index contributed by atoms with van der Waals surface area (Å²) in [6.45, 7) is 2.10. The third-order valence-corrected chi connectivity index (χ3v) is 3.33. The van der Waals surface area contributed by atoms with Crippen LogP contribution in [0.5, 0.6) is 0 Å². The summed E-state index contributed by atoms with van der Waals surface area (Å²) in [4.78, 5) is 13.3. The number of hydrogen-bond acceptors (Lipinski definition) is 3. The monoisotopic (exact) mass is 283 g/mol. The van der Waals surface area contributed by atoms with Crippen molar-refractivity contribution in [3.8, 4) is 11.3 Å². The van der Waals surface area contributed by atoms with E-state index in [1.54, 1.807) is 6.20 Å². The molecule has 20 heavy (non-hydrogen) atoms. The average molecular weight is 284 g/mol. The Morgan fingerprint density at radius 2 is 2.00 bits per heavy atom. The molecule has 100 valence electrons. The van der Waals surface area contributed by atoms with Crippen LogP contribution >= 0.6 is 11.6 Å². The topological polar surface area (TPSA) is 38.7 Å². The molecule has 0 radical (unpaired) electrons. The number of aromatic nitrogens is 3. The van der Waals surface area contributed by atoms with Gasteiger partial charge in [0.05, 0.1) is 11.2 Å². The Morgan fingerprint density at radius 1 is 1.10 bits per heavy atom. The summed E-state index contributed by atoms with van der Waals surface area (Å²) in [5.74, 6) is 0.788. The highest BCUT2D eigenvalue weighted by Crippen LogP contribution is 2.27. The number of halogens is 1. The number of hydrogen-bond donors (Lipinski definition) is 0. The summed E-state index contributed by atoms with van der Waals surface area (Å²) in [7, 11) is 0. The predicted octanol–water partition coefficient (Wildman–Crippen LogP) is 4.30. The first-order valence-electron chi connectivity index (χ1n) is 6.65. The van der Waals surface area contributed by atoms with Gasteiger partial charge in [0.2, 0.25) is 0 Å². The maximum absolute atomic E-state index is 6.12. The molecular formula is C16H14ClN3. The van der Waals surface area contributed by atoms with Gasteiger partial charge in [-0.1, -0.05) is 36.7 Å². The Bertz CT molecular complexity index is 750. The molecular weight excluding hydrogens is 270 g/mol. The van der Waals surface area contributed by atoms with Gasteiger partial charge in [-0.2, -0.15) is 0 Å². The zero-order valence-corrected chi connectivity index (χ0v) is 11.9. The van der Waals surface area contributed by atoms with Gasteiger partial charge < -0.3 is 0 Å². The Balaban J connectivity index is 2.20. The third kappa shape index (κ3) is 2.49. The normalized spacial score (nSPS) is 10.9. The number of pyridine rings is 1.